The van der Waals surface area contributed by atoms with Crippen LogP contribution in [0.3, 0.4) is 0 Å². The molecule has 21 heavy (non-hydrogen) atoms. The summed E-state index contributed by atoms with van der Waals surface area (Å²) in [6.07, 6.45) is 9.95. The van der Waals surface area contributed by atoms with Crippen molar-refractivity contribution in [1.29, 1.82) is 0 Å². The summed E-state index contributed by atoms with van der Waals surface area (Å²) >= 11 is 0. The highest BCUT2D eigenvalue weighted by Crippen LogP contribution is 2.38. The zero-order valence-electron chi connectivity index (χ0n) is 14.1. The van der Waals surface area contributed by atoms with Gasteiger partial charge in [-0.3, -0.25) is 4.79 Å². The van der Waals surface area contributed by atoms with E-state index < -0.39 is 5.60 Å². The van der Waals surface area contributed by atoms with E-state index in [0.717, 1.165) is 32.1 Å². The molecule has 0 radical (unpaired) electrons. The lowest BCUT2D eigenvalue weighted by atomic mass is 9.69. The minimum atomic E-state index is -0.742. The number of nitrogens with one attached hydrogen (secondary N) is 1. The van der Waals surface area contributed by atoms with Crippen LogP contribution in [0.2, 0.25) is 0 Å². The monoisotopic (exact) mass is 295 g/mol. The van der Waals surface area contributed by atoms with Gasteiger partial charge in [-0.1, -0.05) is 52.9 Å². The molecule has 0 aromatic carbocycles. The van der Waals surface area contributed by atoms with Crippen molar-refractivity contribution in [2.24, 2.45) is 11.3 Å². The molecule has 0 aromatic rings. The van der Waals surface area contributed by atoms with Crippen molar-refractivity contribution in [1.82, 2.24) is 5.32 Å². The lowest BCUT2D eigenvalue weighted by Crippen LogP contribution is -2.48. The molecule has 2 fully saturated rings. The Kier molecular flexibility index (Phi) is 5.34. The van der Waals surface area contributed by atoms with Crippen LogP contribution in [0, 0.1) is 11.3 Å². The molecular weight excluding hydrogens is 262 g/mol. The number of rotatable bonds is 3. The van der Waals surface area contributed by atoms with E-state index in [1.54, 1.807) is 0 Å². The highest BCUT2D eigenvalue weighted by Gasteiger charge is 2.37. The second-order valence-corrected chi connectivity index (χ2v) is 8.39. The van der Waals surface area contributed by atoms with Crippen LogP contribution in [-0.4, -0.2) is 22.7 Å². The number of carbonyl (C=O) groups is 1. The van der Waals surface area contributed by atoms with Gasteiger partial charge in [0.1, 0.15) is 0 Å². The third-order valence-corrected chi connectivity index (χ3v) is 5.50. The van der Waals surface area contributed by atoms with Crippen molar-refractivity contribution >= 4 is 5.91 Å². The minimum absolute atomic E-state index is 0.0561. The van der Waals surface area contributed by atoms with E-state index in [-0.39, 0.29) is 11.3 Å². The van der Waals surface area contributed by atoms with Gasteiger partial charge < -0.3 is 10.4 Å². The Morgan fingerprint density at radius 3 is 2.33 bits per heavy atom. The average Bonchev–Trinajstić information content (AvgIpc) is 2.38. The number of amides is 1. The molecule has 2 aliphatic rings. The van der Waals surface area contributed by atoms with E-state index >= 15 is 0 Å². The van der Waals surface area contributed by atoms with Gasteiger partial charge in [-0.2, -0.15) is 0 Å². The molecule has 2 rings (SSSR count). The van der Waals surface area contributed by atoms with Crippen molar-refractivity contribution in [2.75, 3.05) is 0 Å². The van der Waals surface area contributed by atoms with Gasteiger partial charge in [0.05, 0.1) is 12.0 Å². The Labute approximate surface area is 129 Å². The Morgan fingerprint density at radius 2 is 1.71 bits per heavy atom. The molecule has 122 valence electrons. The fraction of sp³-hybridized carbons (Fsp3) is 0.944. The summed E-state index contributed by atoms with van der Waals surface area (Å²) in [5.41, 5.74) is -0.506. The van der Waals surface area contributed by atoms with E-state index in [4.69, 9.17) is 0 Å². The number of carbonyl (C=O) groups excluding carboxylic acids is 1. The third kappa shape index (κ3) is 4.70. The first-order valence-electron chi connectivity index (χ1n) is 8.82. The number of aliphatic hydroxyl groups is 1. The lowest BCUT2D eigenvalue weighted by Gasteiger charge is -2.41. The van der Waals surface area contributed by atoms with E-state index in [1.807, 2.05) is 0 Å². The summed E-state index contributed by atoms with van der Waals surface area (Å²) in [6, 6.07) is 0.290. The third-order valence-electron chi connectivity index (χ3n) is 5.50. The standard InChI is InChI=1S/C18H33NO2/c1-17(2,3)14-9-5-6-10-15(14)19-16(20)13-18(21)11-7-4-8-12-18/h14-15,21H,4-13H2,1-3H3,(H,19,20)/t14-,15+/m1/s1. The molecule has 1 amide bonds. The van der Waals surface area contributed by atoms with E-state index in [9.17, 15) is 9.90 Å². The van der Waals surface area contributed by atoms with Crippen molar-refractivity contribution in [3.8, 4) is 0 Å². The summed E-state index contributed by atoms with van der Waals surface area (Å²) in [7, 11) is 0. The average molecular weight is 295 g/mol. The van der Waals surface area contributed by atoms with Crippen LogP contribution in [0.4, 0.5) is 0 Å². The lowest BCUT2D eigenvalue weighted by molar-refractivity contribution is -0.129. The van der Waals surface area contributed by atoms with E-state index in [0.29, 0.717) is 18.4 Å². The van der Waals surface area contributed by atoms with E-state index in [2.05, 4.69) is 26.1 Å². The first-order chi connectivity index (χ1) is 9.80. The van der Waals surface area contributed by atoms with Gasteiger partial charge in [0.25, 0.3) is 0 Å². The van der Waals surface area contributed by atoms with Gasteiger partial charge in [0, 0.05) is 6.04 Å². The summed E-state index contributed by atoms with van der Waals surface area (Å²) in [5.74, 6) is 0.608. The zero-order valence-corrected chi connectivity index (χ0v) is 14.1. The fourth-order valence-corrected chi connectivity index (χ4v) is 4.28. The van der Waals surface area contributed by atoms with Crippen LogP contribution in [0.1, 0.15) is 85.0 Å². The molecule has 0 heterocycles. The van der Waals surface area contributed by atoms with Crippen molar-refractivity contribution in [3.05, 3.63) is 0 Å². The number of hydrogen-bond donors (Lipinski definition) is 2. The van der Waals surface area contributed by atoms with Crippen LogP contribution in [0.5, 0.6) is 0 Å². The maximum atomic E-state index is 12.4. The molecule has 2 atom stereocenters. The van der Waals surface area contributed by atoms with Crippen molar-refractivity contribution < 1.29 is 9.90 Å². The SMILES string of the molecule is CC(C)(C)[C@@H]1CCCC[C@@H]1NC(=O)CC1(O)CCCCC1. The molecule has 0 unspecified atom stereocenters. The van der Waals surface area contributed by atoms with Crippen molar-refractivity contribution in [3.63, 3.8) is 0 Å². The van der Waals surface area contributed by atoms with Crippen molar-refractivity contribution in [2.45, 2.75) is 96.6 Å². The molecule has 0 aliphatic heterocycles. The predicted octanol–water partition coefficient (Wildman–Crippen LogP) is 3.79. The van der Waals surface area contributed by atoms with Gasteiger partial charge in [-0.15, -0.1) is 0 Å². The molecule has 2 aliphatic carbocycles. The normalized spacial score (nSPS) is 29.9. The molecule has 2 N–H and O–H groups in total. The second-order valence-electron chi connectivity index (χ2n) is 8.39. The molecule has 2 saturated carbocycles. The maximum Gasteiger partial charge on any atom is 0.223 e. The fourth-order valence-electron chi connectivity index (χ4n) is 4.28. The zero-order chi connectivity index (χ0) is 15.5. The first kappa shape index (κ1) is 16.8. The minimum Gasteiger partial charge on any atom is -0.389 e. The van der Waals surface area contributed by atoms with Gasteiger partial charge in [-0.05, 0) is 37.0 Å². The molecular formula is C18H33NO2. The van der Waals surface area contributed by atoms with Crippen LogP contribution in [-0.2, 0) is 4.79 Å². The Hall–Kier alpha value is -0.570. The highest BCUT2D eigenvalue weighted by molar-refractivity contribution is 5.77. The Bertz CT molecular complexity index is 353. The maximum absolute atomic E-state index is 12.4. The Morgan fingerprint density at radius 1 is 1.10 bits per heavy atom. The van der Waals surface area contributed by atoms with Crippen LogP contribution in [0.25, 0.3) is 0 Å². The summed E-state index contributed by atoms with van der Waals surface area (Å²) in [6.45, 7) is 6.82. The highest BCUT2D eigenvalue weighted by atomic mass is 16.3. The van der Waals surface area contributed by atoms with Crippen LogP contribution < -0.4 is 5.32 Å². The summed E-state index contributed by atoms with van der Waals surface area (Å²) in [4.78, 5) is 12.4. The van der Waals surface area contributed by atoms with Gasteiger partial charge in [0.2, 0.25) is 5.91 Å². The first-order valence-corrected chi connectivity index (χ1v) is 8.82. The Balaban J connectivity index is 1.91. The predicted molar refractivity (Wildman–Crippen MR) is 86.0 cm³/mol. The second kappa shape index (κ2) is 6.68. The topological polar surface area (TPSA) is 49.3 Å². The van der Waals surface area contributed by atoms with Gasteiger partial charge in [0.15, 0.2) is 0 Å². The van der Waals surface area contributed by atoms with Gasteiger partial charge in [-0.25, -0.2) is 0 Å². The molecule has 3 heteroatoms. The number of hydrogen-bond acceptors (Lipinski definition) is 2. The smallest absolute Gasteiger partial charge is 0.223 e. The van der Waals surface area contributed by atoms with Crippen LogP contribution >= 0.6 is 0 Å². The van der Waals surface area contributed by atoms with Gasteiger partial charge >= 0.3 is 0 Å². The molecule has 0 spiro atoms. The molecule has 0 aromatic heterocycles. The van der Waals surface area contributed by atoms with E-state index in [1.165, 1.54) is 25.7 Å². The van der Waals surface area contributed by atoms with Crippen LogP contribution in [0.15, 0.2) is 0 Å². The molecule has 0 saturated heterocycles. The largest absolute Gasteiger partial charge is 0.389 e. The summed E-state index contributed by atoms with van der Waals surface area (Å²) < 4.78 is 0. The quantitative estimate of drug-likeness (QED) is 0.832. The molecule has 3 nitrogen and oxygen atoms in total. The molecule has 0 bridgehead atoms. The summed E-state index contributed by atoms with van der Waals surface area (Å²) in [5, 5.41) is 13.8.